The molecule has 4 heteroatoms. The Morgan fingerprint density at radius 1 is 1.43 bits per heavy atom. The van der Waals surface area contributed by atoms with Crippen LogP contribution in [0.5, 0.6) is 0 Å². The van der Waals surface area contributed by atoms with Gasteiger partial charge in [-0.3, -0.25) is 0 Å². The number of thioether (sulfide) groups is 1. The lowest BCUT2D eigenvalue weighted by atomic mass is 10.1. The maximum atomic E-state index is 5.54. The van der Waals surface area contributed by atoms with Gasteiger partial charge < -0.3 is 5.73 Å². The van der Waals surface area contributed by atoms with Crippen molar-refractivity contribution >= 4 is 11.8 Å². The van der Waals surface area contributed by atoms with Gasteiger partial charge in [0.25, 0.3) is 0 Å². The van der Waals surface area contributed by atoms with Gasteiger partial charge in [0.1, 0.15) is 5.82 Å². The zero-order valence-electron chi connectivity index (χ0n) is 8.73. The summed E-state index contributed by atoms with van der Waals surface area (Å²) in [4.78, 5) is 9.68. The topological polar surface area (TPSA) is 51.8 Å². The monoisotopic (exact) mass is 211 g/mol. The van der Waals surface area contributed by atoms with Crippen LogP contribution < -0.4 is 5.73 Å². The molecule has 0 aromatic carbocycles. The van der Waals surface area contributed by atoms with Crippen LogP contribution in [0.2, 0.25) is 0 Å². The van der Waals surface area contributed by atoms with E-state index in [1.807, 2.05) is 18.6 Å². The normalized spacial score (nSPS) is 12.8. The van der Waals surface area contributed by atoms with E-state index in [1.54, 1.807) is 11.8 Å². The molecule has 0 radical (unpaired) electrons. The molecule has 0 amide bonds. The molecule has 1 rings (SSSR count). The minimum absolute atomic E-state index is 0.554. The lowest BCUT2D eigenvalue weighted by Gasteiger charge is -2.06. The van der Waals surface area contributed by atoms with Gasteiger partial charge in [-0.1, -0.05) is 6.92 Å². The molecule has 0 fully saturated rings. The Labute approximate surface area is 89.5 Å². The Kier molecular flexibility index (Phi) is 4.90. The zero-order valence-corrected chi connectivity index (χ0v) is 9.55. The van der Waals surface area contributed by atoms with Gasteiger partial charge in [0.05, 0.1) is 0 Å². The molecule has 1 heterocycles. The van der Waals surface area contributed by atoms with E-state index in [0.717, 1.165) is 30.1 Å². The minimum atomic E-state index is 0.554. The number of rotatable bonds is 5. The summed E-state index contributed by atoms with van der Waals surface area (Å²) in [6.45, 7) is 2.89. The summed E-state index contributed by atoms with van der Waals surface area (Å²) in [7, 11) is 0. The van der Waals surface area contributed by atoms with Crippen LogP contribution in [0.4, 0.5) is 0 Å². The maximum absolute atomic E-state index is 5.54. The third-order valence-corrected chi connectivity index (χ3v) is 2.86. The molecular formula is C10H17N3S. The van der Waals surface area contributed by atoms with Gasteiger partial charge >= 0.3 is 0 Å². The van der Waals surface area contributed by atoms with Crippen molar-refractivity contribution in [2.75, 3.05) is 12.8 Å². The molecule has 1 aromatic heterocycles. The molecule has 0 spiro atoms. The van der Waals surface area contributed by atoms with Crippen LogP contribution in [0.15, 0.2) is 17.3 Å². The van der Waals surface area contributed by atoms with Crippen LogP contribution in [0, 0.1) is 5.92 Å². The second-order valence-electron chi connectivity index (χ2n) is 3.42. The van der Waals surface area contributed by atoms with E-state index >= 15 is 0 Å². The molecule has 0 aliphatic carbocycles. The molecule has 1 aromatic rings. The third-order valence-electron chi connectivity index (χ3n) is 2.18. The fourth-order valence-corrected chi connectivity index (χ4v) is 1.39. The highest BCUT2D eigenvalue weighted by molar-refractivity contribution is 7.98. The predicted molar refractivity (Wildman–Crippen MR) is 60.4 cm³/mol. The molecule has 0 unspecified atom stereocenters. The van der Waals surface area contributed by atoms with Crippen molar-refractivity contribution < 1.29 is 0 Å². The van der Waals surface area contributed by atoms with E-state index in [-0.39, 0.29) is 0 Å². The highest BCUT2D eigenvalue weighted by atomic mass is 32.2. The van der Waals surface area contributed by atoms with Gasteiger partial charge in [-0.05, 0) is 25.1 Å². The van der Waals surface area contributed by atoms with Crippen LogP contribution >= 0.6 is 11.8 Å². The number of nitrogens with two attached hydrogens (primary N) is 1. The van der Waals surface area contributed by atoms with E-state index in [2.05, 4.69) is 16.9 Å². The number of hydrogen-bond donors (Lipinski definition) is 1. The number of hydrogen-bond acceptors (Lipinski definition) is 4. The van der Waals surface area contributed by atoms with Crippen LogP contribution in [-0.4, -0.2) is 22.8 Å². The van der Waals surface area contributed by atoms with Crippen LogP contribution in [0.1, 0.15) is 19.2 Å². The van der Waals surface area contributed by atoms with Gasteiger partial charge in [0.2, 0.25) is 0 Å². The lowest BCUT2D eigenvalue weighted by molar-refractivity contribution is 0.535. The summed E-state index contributed by atoms with van der Waals surface area (Å²) in [6, 6.07) is 0. The SMILES string of the molecule is CSc1cnc(CC[C@H](C)CN)nc1. The Balaban J connectivity index is 2.43. The summed E-state index contributed by atoms with van der Waals surface area (Å²) in [5, 5.41) is 0. The van der Waals surface area contributed by atoms with E-state index in [9.17, 15) is 0 Å². The molecule has 0 saturated carbocycles. The molecule has 78 valence electrons. The summed E-state index contributed by atoms with van der Waals surface area (Å²) >= 11 is 1.66. The van der Waals surface area contributed by atoms with E-state index in [4.69, 9.17) is 5.73 Å². The zero-order chi connectivity index (χ0) is 10.4. The number of aryl methyl sites for hydroxylation is 1. The van der Waals surface area contributed by atoms with Gasteiger partial charge in [-0.15, -0.1) is 11.8 Å². The smallest absolute Gasteiger partial charge is 0.128 e. The predicted octanol–water partition coefficient (Wildman–Crippen LogP) is 1.73. The first-order valence-corrected chi connectivity index (χ1v) is 6.03. The van der Waals surface area contributed by atoms with E-state index in [0.29, 0.717) is 5.92 Å². The highest BCUT2D eigenvalue weighted by Crippen LogP contribution is 2.11. The standard InChI is InChI=1S/C10H17N3S/c1-8(5-11)3-4-10-12-6-9(14-2)7-13-10/h6-8H,3-5,11H2,1-2H3/t8-/m0/s1. The van der Waals surface area contributed by atoms with Crippen molar-refractivity contribution in [3.05, 3.63) is 18.2 Å². The molecule has 0 saturated heterocycles. The largest absolute Gasteiger partial charge is 0.330 e. The first kappa shape index (κ1) is 11.5. The first-order valence-electron chi connectivity index (χ1n) is 4.81. The van der Waals surface area contributed by atoms with Crippen molar-refractivity contribution in [1.82, 2.24) is 9.97 Å². The Morgan fingerprint density at radius 3 is 2.57 bits per heavy atom. The van der Waals surface area contributed by atoms with Crippen molar-refractivity contribution in [3.63, 3.8) is 0 Å². The van der Waals surface area contributed by atoms with Crippen molar-refractivity contribution in [1.29, 1.82) is 0 Å². The van der Waals surface area contributed by atoms with E-state index in [1.165, 1.54) is 0 Å². The van der Waals surface area contributed by atoms with Gasteiger partial charge in [0.15, 0.2) is 0 Å². The first-order chi connectivity index (χ1) is 6.76. The van der Waals surface area contributed by atoms with Crippen LogP contribution in [-0.2, 0) is 6.42 Å². The van der Waals surface area contributed by atoms with Gasteiger partial charge in [0, 0.05) is 23.7 Å². The average Bonchev–Trinajstić information content (AvgIpc) is 2.26. The summed E-state index contributed by atoms with van der Waals surface area (Å²) in [5.74, 6) is 1.47. The molecule has 0 aliphatic rings. The molecule has 0 aliphatic heterocycles. The Morgan fingerprint density at radius 2 is 2.07 bits per heavy atom. The van der Waals surface area contributed by atoms with Crippen molar-refractivity contribution in [2.24, 2.45) is 11.7 Å². The van der Waals surface area contributed by atoms with Crippen molar-refractivity contribution in [3.8, 4) is 0 Å². The molecule has 0 bridgehead atoms. The quantitative estimate of drug-likeness (QED) is 0.754. The molecular weight excluding hydrogens is 194 g/mol. The number of nitrogens with zero attached hydrogens (tertiary/aromatic N) is 2. The molecule has 2 N–H and O–H groups in total. The van der Waals surface area contributed by atoms with Crippen molar-refractivity contribution in [2.45, 2.75) is 24.7 Å². The fourth-order valence-electron chi connectivity index (χ4n) is 1.07. The Bertz CT molecular complexity index is 261. The van der Waals surface area contributed by atoms with E-state index < -0.39 is 0 Å². The minimum Gasteiger partial charge on any atom is -0.330 e. The molecule has 1 atom stereocenters. The average molecular weight is 211 g/mol. The summed E-state index contributed by atoms with van der Waals surface area (Å²) < 4.78 is 0. The number of aromatic nitrogens is 2. The lowest BCUT2D eigenvalue weighted by Crippen LogP contribution is -2.12. The highest BCUT2D eigenvalue weighted by Gasteiger charge is 2.02. The van der Waals surface area contributed by atoms with Crippen LogP contribution in [0.25, 0.3) is 0 Å². The summed E-state index contributed by atoms with van der Waals surface area (Å²) in [6.07, 6.45) is 7.76. The molecule has 3 nitrogen and oxygen atoms in total. The van der Waals surface area contributed by atoms with Crippen LogP contribution in [0.3, 0.4) is 0 Å². The second-order valence-corrected chi connectivity index (χ2v) is 4.30. The maximum Gasteiger partial charge on any atom is 0.128 e. The second kappa shape index (κ2) is 5.98. The van der Waals surface area contributed by atoms with Gasteiger partial charge in [-0.2, -0.15) is 0 Å². The fraction of sp³-hybridized carbons (Fsp3) is 0.600. The van der Waals surface area contributed by atoms with Gasteiger partial charge in [-0.25, -0.2) is 9.97 Å². The Hall–Kier alpha value is -0.610. The third kappa shape index (κ3) is 3.64. The summed E-state index contributed by atoms with van der Waals surface area (Å²) in [5.41, 5.74) is 5.54. The molecule has 14 heavy (non-hydrogen) atoms.